The molecule has 4 amide bonds. The Morgan fingerprint density at radius 3 is 2.04 bits per heavy atom. The zero-order valence-corrected chi connectivity index (χ0v) is 29.6. The zero-order valence-electron chi connectivity index (χ0n) is 29.6. The molecule has 0 radical (unpaired) electrons. The summed E-state index contributed by atoms with van der Waals surface area (Å²) >= 11 is 0. The van der Waals surface area contributed by atoms with E-state index in [1.807, 2.05) is 62.4 Å². The van der Waals surface area contributed by atoms with Crippen LogP contribution in [0.3, 0.4) is 0 Å². The third kappa shape index (κ3) is 11.4. The number of rotatable bonds is 13. The number of nitrogens with two attached hydrogens (primary N) is 1. The van der Waals surface area contributed by atoms with E-state index in [1.165, 1.54) is 4.90 Å². The normalized spacial score (nSPS) is 15.2. The summed E-state index contributed by atoms with van der Waals surface area (Å²) < 4.78 is 11.2. The lowest BCUT2D eigenvalue weighted by Crippen LogP contribution is -2.59. The zero-order chi connectivity index (χ0) is 35.8. The van der Waals surface area contributed by atoms with Crippen molar-refractivity contribution < 1.29 is 33.4 Å². The number of amides is 4. The second-order valence-corrected chi connectivity index (χ2v) is 14.6. The maximum absolute atomic E-state index is 14.7. The predicted octanol–water partition coefficient (Wildman–Crippen LogP) is 4.95. The highest BCUT2D eigenvalue weighted by Gasteiger charge is 2.43. The van der Waals surface area contributed by atoms with E-state index in [9.17, 15) is 24.0 Å². The first-order valence-electron chi connectivity index (χ1n) is 16.6. The quantitative estimate of drug-likeness (QED) is 0.256. The number of benzene rings is 2. The second kappa shape index (κ2) is 16.1. The number of hydrogen-bond acceptors (Lipinski definition) is 7. The molecule has 0 aromatic heterocycles. The van der Waals surface area contributed by atoms with Crippen LogP contribution in [0.15, 0.2) is 48.5 Å². The van der Waals surface area contributed by atoms with Crippen LogP contribution in [0.25, 0.3) is 0 Å². The number of nitrogens with zero attached hydrogens (tertiary/aromatic N) is 1. The minimum absolute atomic E-state index is 0.0910. The van der Waals surface area contributed by atoms with Gasteiger partial charge in [-0.25, -0.2) is 9.59 Å². The molecule has 1 saturated carbocycles. The highest BCUT2D eigenvalue weighted by molar-refractivity contribution is 5.94. The SMILES string of the molecule is Cc1ccc(C)c(C(C(=O)NC(Cc2ccccc2)C(=O)OC(C)(C)C)N(C(=O)C(CCC(N)=O)NC(=O)OC(C)(C)C)C2CCC2)c1. The Kier molecular flexibility index (Phi) is 12.8. The number of hydrogen-bond donors (Lipinski definition) is 3. The highest BCUT2D eigenvalue weighted by atomic mass is 16.6. The van der Waals surface area contributed by atoms with E-state index in [4.69, 9.17) is 15.2 Å². The van der Waals surface area contributed by atoms with Crippen LogP contribution in [0.4, 0.5) is 4.79 Å². The summed E-state index contributed by atoms with van der Waals surface area (Å²) in [5.41, 5.74) is 6.85. The molecule has 0 heterocycles. The summed E-state index contributed by atoms with van der Waals surface area (Å²) in [7, 11) is 0. The van der Waals surface area contributed by atoms with Gasteiger partial charge in [-0.1, -0.05) is 54.1 Å². The van der Waals surface area contributed by atoms with Gasteiger partial charge in [-0.05, 0) is 97.8 Å². The first-order valence-corrected chi connectivity index (χ1v) is 16.6. The Morgan fingerprint density at radius 1 is 0.875 bits per heavy atom. The molecule has 1 aliphatic carbocycles. The van der Waals surface area contributed by atoms with Crippen LogP contribution >= 0.6 is 0 Å². The summed E-state index contributed by atoms with van der Waals surface area (Å²) in [6.45, 7) is 14.1. The number of carbonyl (C=O) groups excluding carboxylic acids is 5. The Bertz CT molecular complexity index is 1460. The van der Waals surface area contributed by atoms with Crippen LogP contribution in [0.2, 0.25) is 0 Å². The molecule has 0 saturated heterocycles. The maximum atomic E-state index is 14.7. The number of primary amides is 1. The van der Waals surface area contributed by atoms with Crippen LogP contribution in [-0.4, -0.2) is 64.0 Å². The largest absolute Gasteiger partial charge is 0.458 e. The van der Waals surface area contributed by atoms with Crippen LogP contribution in [0, 0.1) is 13.8 Å². The van der Waals surface area contributed by atoms with Gasteiger partial charge in [-0.3, -0.25) is 14.4 Å². The van der Waals surface area contributed by atoms with Crippen LogP contribution in [-0.2, 0) is 35.1 Å². The molecule has 3 atom stereocenters. The molecule has 3 rings (SSSR count). The molecule has 1 fully saturated rings. The van der Waals surface area contributed by atoms with Crippen molar-refractivity contribution in [3.05, 3.63) is 70.8 Å². The lowest BCUT2D eigenvalue weighted by atomic mass is 9.86. The Hall–Kier alpha value is -4.41. The van der Waals surface area contributed by atoms with E-state index in [1.54, 1.807) is 41.5 Å². The van der Waals surface area contributed by atoms with E-state index < -0.39 is 59.1 Å². The topological polar surface area (TPSA) is 157 Å². The fourth-order valence-corrected chi connectivity index (χ4v) is 5.50. The van der Waals surface area contributed by atoms with Gasteiger partial charge >= 0.3 is 12.1 Å². The molecule has 1 aliphatic rings. The number of carbonyl (C=O) groups is 5. The third-order valence-electron chi connectivity index (χ3n) is 7.94. The van der Waals surface area contributed by atoms with Crippen LogP contribution < -0.4 is 16.4 Å². The number of nitrogens with one attached hydrogen (secondary N) is 2. The van der Waals surface area contributed by atoms with Crippen LogP contribution in [0.1, 0.15) is 102 Å². The van der Waals surface area contributed by atoms with Gasteiger partial charge in [0.2, 0.25) is 17.7 Å². The van der Waals surface area contributed by atoms with E-state index >= 15 is 0 Å². The Morgan fingerprint density at radius 2 is 1.50 bits per heavy atom. The fourth-order valence-electron chi connectivity index (χ4n) is 5.50. The molecule has 0 bridgehead atoms. The maximum Gasteiger partial charge on any atom is 0.408 e. The van der Waals surface area contributed by atoms with Crippen molar-refractivity contribution in [3.63, 3.8) is 0 Å². The molecule has 0 spiro atoms. The lowest BCUT2D eigenvalue weighted by molar-refractivity contribution is -0.159. The Labute approximate surface area is 284 Å². The number of esters is 1. The monoisotopic (exact) mass is 664 g/mol. The average Bonchev–Trinajstić information content (AvgIpc) is 2.93. The van der Waals surface area contributed by atoms with Crippen LogP contribution in [0.5, 0.6) is 0 Å². The molecule has 0 aliphatic heterocycles. The first-order chi connectivity index (χ1) is 22.3. The summed E-state index contributed by atoms with van der Waals surface area (Å²) in [4.78, 5) is 69.1. The second-order valence-electron chi connectivity index (χ2n) is 14.6. The molecular formula is C37H52N4O7. The molecule has 11 heteroatoms. The van der Waals surface area contributed by atoms with Crippen molar-refractivity contribution in [2.75, 3.05) is 0 Å². The van der Waals surface area contributed by atoms with Gasteiger partial charge in [-0.2, -0.15) is 0 Å². The summed E-state index contributed by atoms with van der Waals surface area (Å²) in [5.74, 6) is -2.36. The minimum Gasteiger partial charge on any atom is -0.458 e. The molecule has 4 N–H and O–H groups in total. The van der Waals surface area contributed by atoms with Gasteiger partial charge in [0.1, 0.15) is 29.3 Å². The molecular weight excluding hydrogens is 612 g/mol. The van der Waals surface area contributed by atoms with Gasteiger partial charge in [0.15, 0.2) is 0 Å². The van der Waals surface area contributed by atoms with Gasteiger partial charge in [0.25, 0.3) is 0 Å². The molecule has 11 nitrogen and oxygen atoms in total. The van der Waals surface area contributed by atoms with E-state index in [2.05, 4.69) is 10.6 Å². The molecule has 48 heavy (non-hydrogen) atoms. The fraction of sp³-hybridized carbons (Fsp3) is 0.541. The van der Waals surface area contributed by atoms with E-state index in [-0.39, 0.29) is 25.3 Å². The van der Waals surface area contributed by atoms with Gasteiger partial charge in [0.05, 0.1) is 0 Å². The smallest absolute Gasteiger partial charge is 0.408 e. The number of ether oxygens (including phenoxy) is 2. The van der Waals surface area contributed by atoms with E-state index in [0.29, 0.717) is 18.4 Å². The van der Waals surface area contributed by atoms with Crippen molar-refractivity contribution >= 4 is 29.8 Å². The standard InChI is InChI=1S/C37H52N4O7/c1-23-17-18-24(2)27(21-23)31(32(43)39-29(34(45)47-36(3,4)5)22-25-13-10-9-11-14-25)41(26-15-12-16-26)33(44)28(19-20-30(38)42)40-35(46)48-37(6,7)8/h9-11,13-14,17-18,21,26,28-29,31H,12,15-16,19-20,22H2,1-8H3,(H2,38,42)(H,39,43)(H,40,46). The van der Waals surface area contributed by atoms with Crippen molar-refractivity contribution in [3.8, 4) is 0 Å². The molecule has 2 aromatic rings. The van der Waals surface area contributed by atoms with Crippen molar-refractivity contribution in [2.24, 2.45) is 5.73 Å². The van der Waals surface area contributed by atoms with Crippen molar-refractivity contribution in [1.29, 1.82) is 0 Å². The molecule has 2 aromatic carbocycles. The highest BCUT2D eigenvalue weighted by Crippen LogP contribution is 2.36. The van der Waals surface area contributed by atoms with Gasteiger partial charge in [0, 0.05) is 18.9 Å². The van der Waals surface area contributed by atoms with E-state index in [0.717, 1.165) is 23.1 Å². The third-order valence-corrected chi connectivity index (χ3v) is 7.94. The van der Waals surface area contributed by atoms with Gasteiger partial charge < -0.3 is 30.7 Å². The van der Waals surface area contributed by atoms with Gasteiger partial charge in [-0.15, -0.1) is 0 Å². The number of alkyl carbamates (subject to hydrolysis) is 1. The predicted molar refractivity (Wildman–Crippen MR) is 183 cm³/mol. The summed E-state index contributed by atoms with van der Waals surface area (Å²) in [6, 6.07) is 11.2. The summed E-state index contributed by atoms with van der Waals surface area (Å²) in [6.07, 6.45) is 1.17. The lowest BCUT2D eigenvalue weighted by Gasteiger charge is -2.44. The van der Waals surface area contributed by atoms with Crippen molar-refractivity contribution in [2.45, 2.75) is 129 Å². The summed E-state index contributed by atoms with van der Waals surface area (Å²) in [5, 5.41) is 5.57. The first kappa shape index (κ1) is 38.0. The van der Waals surface area contributed by atoms with Crippen molar-refractivity contribution in [1.82, 2.24) is 15.5 Å². The molecule has 3 unspecified atom stereocenters. The average molecular weight is 665 g/mol. The number of aryl methyl sites for hydroxylation is 2. The minimum atomic E-state index is -1.21. The Balaban J connectivity index is 2.11. The molecule has 262 valence electrons.